The molecule has 6 heteroatoms. The summed E-state index contributed by atoms with van der Waals surface area (Å²) in [5, 5.41) is 18.2. The van der Waals surface area contributed by atoms with E-state index in [2.05, 4.69) is 26.1 Å². The third-order valence-corrected chi connectivity index (χ3v) is 3.36. The van der Waals surface area contributed by atoms with Crippen molar-refractivity contribution in [1.82, 2.24) is 14.6 Å². The highest BCUT2D eigenvalue weighted by atomic mass is 79.9. The van der Waals surface area contributed by atoms with Crippen molar-refractivity contribution in [3.63, 3.8) is 0 Å². The lowest BCUT2D eigenvalue weighted by atomic mass is 10.2. The SMILES string of the molecule is Oc1ccc(Cl)c(-c2nnc3ccc(Br)cn23)c1. The number of rotatable bonds is 1. The van der Waals surface area contributed by atoms with Crippen LogP contribution < -0.4 is 0 Å². The molecule has 0 unspecified atom stereocenters. The van der Waals surface area contributed by atoms with Crippen LogP contribution in [0.1, 0.15) is 0 Å². The Morgan fingerprint density at radius 1 is 1.17 bits per heavy atom. The van der Waals surface area contributed by atoms with Crippen molar-refractivity contribution in [3.8, 4) is 17.1 Å². The summed E-state index contributed by atoms with van der Waals surface area (Å²) in [7, 11) is 0. The fourth-order valence-corrected chi connectivity index (χ4v) is 2.27. The normalized spacial score (nSPS) is 11.0. The van der Waals surface area contributed by atoms with Gasteiger partial charge in [0.05, 0.1) is 5.02 Å². The molecule has 1 aromatic carbocycles. The molecule has 0 saturated carbocycles. The van der Waals surface area contributed by atoms with Crippen LogP contribution in [-0.2, 0) is 0 Å². The first kappa shape index (κ1) is 11.5. The zero-order valence-electron chi connectivity index (χ0n) is 9.01. The van der Waals surface area contributed by atoms with Gasteiger partial charge in [0.25, 0.3) is 0 Å². The average Bonchev–Trinajstić information content (AvgIpc) is 2.75. The van der Waals surface area contributed by atoms with Crippen LogP contribution in [0.5, 0.6) is 5.75 Å². The summed E-state index contributed by atoms with van der Waals surface area (Å²) >= 11 is 9.52. The minimum atomic E-state index is 0.140. The van der Waals surface area contributed by atoms with Crippen molar-refractivity contribution in [2.45, 2.75) is 0 Å². The van der Waals surface area contributed by atoms with Gasteiger partial charge in [-0.15, -0.1) is 10.2 Å². The van der Waals surface area contributed by atoms with Gasteiger partial charge in [0.1, 0.15) is 5.75 Å². The summed E-state index contributed by atoms with van der Waals surface area (Å²) in [6.07, 6.45) is 1.85. The first-order valence-corrected chi connectivity index (χ1v) is 6.31. The van der Waals surface area contributed by atoms with Crippen LogP contribution in [-0.4, -0.2) is 19.7 Å². The molecule has 0 saturated heterocycles. The van der Waals surface area contributed by atoms with E-state index >= 15 is 0 Å². The molecule has 0 bridgehead atoms. The summed E-state index contributed by atoms with van der Waals surface area (Å²) < 4.78 is 2.72. The van der Waals surface area contributed by atoms with Gasteiger partial charge in [0.2, 0.25) is 0 Å². The highest BCUT2D eigenvalue weighted by Crippen LogP contribution is 2.30. The van der Waals surface area contributed by atoms with Gasteiger partial charge in [0.15, 0.2) is 11.5 Å². The third kappa shape index (κ3) is 1.85. The molecule has 0 fully saturated rings. The number of aromatic hydroxyl groups is 1. The lowest BCUT2D eigenvalue weighted by Crippen LogP contribution is -1.90. The van der Waals surface area contributed by atoms with E-state index in [1.807, 2.05) is 22.7 Å². The first-order valence-electron chi connectivity index (χ1n) is 5.14. The Hall–Kier alpha value is -1.59. The molecule has 0 amide bonds. The molecule has 0 spiro atoms. The molecular formula is C12H7BrClN3O. The van der Waals surface area contributed by atoms with Crippen molar-refractivity contribution >= 4 is 33.2 Å². The summed E-state index contributed by atoms with van der Waals surface area (Å²) in [4.78, 5) is 0. The smallest absolute Gasteiger partial charge is 0.170 e. The molecule has 0 aliphatic rings. The molecule has 3 aromatic rings. The summed E-state index contributed by atoms with van der Waals surface area (Å²) in [6, 6.07) is 8.46. The number of hydrogen-bond acceptors (Lipinski definition) is 3. The van der Waals surface area contributed by atoms with Crippen molar-refractivity contribution in [2.75, 3.05) is 0 Å². The second-order valence-electron chi connectivity index (χ2n) is 3.76. The van der Waals surface area contributed by atoms with E-state index in [1.54, 1.807) is 12.1 Å². The van der Waals surface area contributed by atoms with Gasteiger partial charge >= 0.3 is 0 Å². The standard InChI is InChI=1S/C12H7BrClN3O/c13-7-1-4-11-15-16-12(17(11)6-7)9-5-8(18)2-3-10(9)14/h1-6,18H. The number of benzene rings is 1. The Kier molecular flexibility index (Phi) is 2.72. The van der Waals surface area contributed by atoms with E-state index in [9.17, 15) is 5.11 Å². The van der Waals surface area contributed by atoms with Crippen molar-refractivity contribution in [1.29, 1.82) is 0 Å². The molecule has 0 aliphatic heterocycles. The number of phenolic OH excluding ortho intramolecular Hbond substituents is 1. The molecule has 0 aliphatic carbocycles. The van der Waals surface area contributed by atoms with Crippen molar-refractivity contribution in [3.05, 3.63) is 46.0 Å². The van der Waals surface area contributed by atoms with Gasteiger partial charge in [-0.05, 0) is 46.3 Å². The molecule has 2 heterocycles. The minimum Gasteiger partial charge on any atom is -0.508 e. The van der Waals surface area contributed by atoms with Crippen molar-refractivity contribution in [2.24, 2.45) is 0 Å². The fourth-order valence-electron chi connectivity index (χ4n) is 1.73. The van der Waals surface area contributed by atoms with Crippen LogP contribution in [0.15, 0.2) is 41.0 Å². The molecule has 0 radical (unpaired) electrons. The zero-order chi connectivity index (χ0) is 12.7. The van der Waals surface area contributed by atoms with Crippen LogP contribution in [0.25, 0.3) is 17.0 Å². The largest absolute Gasteiger partial charge is 0.508 e. The van der Waals surface area contributed by atoms with Gasteiger partial charge in [-0.3, -0.25) is 4.40 Å². The Morgan fingerprint density at radius 3 is 2.83 bits per heavy atom. The first-order chi connectivity index (χ1) is 8.65. The van der Waals surface area contributed by atoms with Crippen LogP contribution >= 0.6 is 27.5 Å². The lowest BCUT2D eigenvalue weighted by molar-refractivity contribution is 0.475. The van der Waals surface area contributed by atoms with Gasteiger partial charge in [0, 0.05) is 16.2 Å². The Balaban J connectivity index is 2.31. The molecule has 2 aromatic heterocycles. The second kappa shape index (κ2) is 4.26. The van der Waals surface area contributed by atoms with Gasteiger partial charge < -0.3 is 5.11 Å². The molecule has 1 N–H and O–H groups in total. The molecule has 3 rings (SSSR count). The quantitative estimate of drug-likeness (QED) is 0.745. The van der Waals surface area contributed by atoms with E-state index in [0.29, 0.717) is 22.1 Å². The maximum absolute atomic E-state index is 9.54. The van der Waals surface area contributed by atoms with Crippen LogP contribution in [0.3, 0.4) is 0 Å². The number of nitrogens with zero attached hydrogens (tertiary/aromatic N) is 3. The molecular weight excluding hydrogens is 318 g/mol. The zero-order valence-corrected chi connectivity index (χ0v) is 11.4. The van der Waals surface area contributed by atoms with E-state index < -0.39 is 0 Å². The number of halogens is 2. The second-order valence-corrected chi connectivity index (χ2v) is 5.09. The monoisotopic (exact) mass is 323 g/mol. The number of aromatic nitrogens is 3. The van der Waals surface area contributed by atoms with Gasteiger partial charge in [-0.2, -0.15) is 0 Å². The highest BCUT2D eigenvalue weighted by molar-refractivity contribution is 9.10. The number of pyridine rings is 1. The Morgan fingerprint density at radius 2 is 2.00 bits per heavy atom. The van der Waals surface area contributed by atoms with E-state index in [4.69, 9.17) is 11.6 Å². The average molecular weight is 325 g/mol. The van der Waals surface area contributed by atoms with E-state index in [1.165, 1.54) is 6.07 Å². The van der Waals surface area contributed by atoms with Gasteiger partial charge in [-0.1, -0.05) is 11.6 Å². The molecule has 0 atom stereocenters. The van der Waals surface area contributed by atoms with Crippen molar-refractivity contribution < 1.29 is 5.11 Å². The number of hydrogen-bond donors (Lipinski definition) is 1. The number of fused-ring (bicyclic) bond motifs is 1. The summed E-state index contributed by atoms with van der Waals surface area (Å²) in [5.74, 6) is 0.730. The topological polar surface area (TPSA) is 50.4 Å². The summed E-state index contributed by atoms with van der Waals surface area (Å²) in [6.45, 7) is 0. The Labute approximate surface area is 116 Å². The molecule has 18 heavy (non-hydrogen) atoms. The lowest BCUT2D eigenvalue weighted by Gasteiger charge is -2.03. The van der Waals surface area contributed by atoms with Crippen LogP contribution in [0.2, 0.25) is 5.02 Å². The highest BCUT2D eigenvalue weighted by Gasteiger charge is 2.12. The molecule has 90 valence electrons. The Bertz CT molecular complexity index is 741. The summed E-state index contributed by atoms with van der Waals surface area (Å²) in [5.41, 5.74) is 1.36. The predicted octanol–water partition coefficient (Wildman–Crippen LogP) is 3.52. The third-order valence-electron chi connectivity index (χ3n) is 2.56. The maximum Gasteiger partial charge on any atom is 0.170 e. The maximum atomic E-state index is 9.54. The minimum absolute atomic E-state index is 0.140. The fraction of sp³-hybridized carbons (Fsp3) is 0. The van der Waals surface area contributed by atoms with E-state index in [-0.39, 0.29) is 5.75 Å². The van der Waals surface area contributed by atoms with E-state index in [0.717, 1.165) is 4.47 Å². The van der Waals surface area contributed by atoms with Gasteiger partial charge in [-0.25, -0.2) is 0 Å². The van der Waals surface area contributed by atoms with Crippen LogP contribution in [0.4, 0.5) is 0 Å². The van der Waals surface area contributed by atoms with Crippen LogP contribution in [0, 0.1) is 0 Å². The predicted molar refractivity (Wildman–Crippen MR) is 72.8 cm³/mol. The molecule has 4 nitrogen and oxygen atoms in total. The number of phenols is 1.